The minimum atomic E-state index is -0.188. The van der Waals surface area contributed by atoms with Gasteiger partial charge in [0.2, 0.25) is 0 Å². The van der Waals surface area contributed by atoms with Gasteiger partial charge in [-0.15, -0.1) is 0 Å². The predicted octanol–water partition coefficient (Wildman–Crippen LogP) is 4.03. The second-order valence-corrected chi connectivity index (χ2v) is 6.75. The molecule has 1 aromatic carbocycles. The van der Waals surface area contributed by atoms with E-state index in [2.05, 4.69) is 51.0 Å². The Morgan fingerprint density at radius 3 is 2.35 bits per heavy atom. The van der Waals surface area contributed by atoms with Crippen molar-refractivity contribution in [3.8, 4) is 11.3 Å². The zero-order valence-corrected chi connectivity index (χ0v) is 13.2. The van der Waals surface area contributed by atoms with Gasteiger partial charge >= 0.3 is 0 Å². The summed E-state index contributed by atoms with van der Waals surface area (Å²) in [6.07, 6.45) is 0. The van der Waals surface area contributed by atoms with Gasteiger partial charge in [0.25, 0.3) is 5.56 Å². The summed E-state index contributed by atoms with van der Waals surface area (Å²) in [4.78, 5) is 12.7. The third-order valence-electron chi connectivity index (χ3n) is 3.49. The SMILES string of the molecule is Cc1cccc(-c2[nH]n(C(C)C)c(=O)c2C(C)(C)C)c1. The van der Waals surface area contributed by atoms with Gasteiger partial charge in [-0.2, -0.15) is 0 Å². The summed E-state index contributed by atoms with van der Waals surface area (Å²) in [5, 5.41) is 3.30. The first-order valence-electron chi connectivity index (χ1n) is 7.14. The lowest BCUT2D eigenvalue weighted by Crippen LogP contribution is -2.27. The Hall–Kier alpha value is -1.77. The van der Waals surface area contributed by atoms with Crippen LogP contribution >= 0.6 is 0 Å². The maximum Gasteiger partial charge on any atom is 0.271 e. The van der Waals surface area contributed by atoms with Crippen molar-refractivity contribution in [3.63, 3.8) is 0 Å². The smallest absolute Gasteiger partial charge is 0.271 e. The largest absolute Gasteiger partial charge is 0.294 e. The molecule has 0 aliphatic carbocycles. The Morgan fingerprint density at radius 2 is 1.85 bits per heavy atom. The molecule has 0 bridgehead atoms. The molecule has 1 aromatic heterocycles. The molecule has 0 saturated carbocycles. The van der Waals surface area contributed by atoms with E-state index in [-0.39, 0.29) is 17.0 Å². The van der Waals surface area contributed by atoms with Gasteiger partial charge in [-0.3, -0.25) is 9.89 Å². The first kappa shape index (κ1) is 14.6. The summed E-state index contributed by atoms with van der Waals surface area (Å²) in [6, 6.07) is 8.39. The second-order valence-electron chi connectivity index (χ2n) is 6.75. The van der Waals surface area contributed by atoms with Crippen molar-refractivity contribution < 1.29 is 0 Å². The molecule has 0 atom stereocenters. The van der Waals surface area contributed by atoms with Gasteiger partial charge in [0, 0.05) is 17.2 Å². The fourth-order valence-electron chi connectivity index (χ4n) is 2.52. The topological polar surface area (TPSA) is 37.8 Å². The lowest BCUT2D eigenvalue weighted by atomic mass is 9.85. The average Bonchev–Trinajstić information content (AvgIpc) is 2.66. The molecule has 2 aromatic rings. The molecule has 0 spiro atoms. The van der Waals surface area contributed by atoms with Crippen LogP contribution in [0.2, 0.25) is 0 Å². The Bertz CT molecular complexity index is 669. The number of aryl methyl sites for hydroxylation is 1. The second kappa shape index (κ2) is 4.97. The van der Waals surface area contributed by atoms with Crippen LogP contribution in [0.3, 0.4) is 0 Å². The third-order valence-corrected chi connectivity index (χ3v) is 3.49. The van der Waals surface area contributed by atoms with Gasteiger partial charge in [0.05, 0.1) is 5.69 Å². The highest BCUT2D eigenvalue weighted by molar-refractivity contribution is 5.65. The molecule has 0 unspecified atom stereocenters. The van der Waals surface area contributed by atoms with Crippen LogP contribution < -0.4 is 5.56 Å². The highest BCUT2D eigenvalue weighted by Crippen LogP contribution is 2.30. The summed E-state index contributed by atoms with van der Waals surface area (Å²) in [6.45, 7) is 12.4. The zero-order chi connectivity index (χ0) is 15.1. The van der Waals surface area contributed by atoms with Crippen molar-refractivity contribution in [1.82, 2.24) is 9.78 Å². The number of hydrogen-bond acceptors (Lipinski definition) is 1. The van der Waals surface area contributed by atoms with Crippen molar-refractivity contribution >= 4 is 0 Å². The van der Waals surface area contributed by atoms with Crippen LogP contribution in [0, 0.1) is 6.92 Å². The fourth-order valence-corrected chi connectivity index (χ4v) is 2.52. The highest BCUT2D eigenvalue weighted by atomic mass is 16.1. The van der Waals surface area contributed by atoms with E-state index in [1.165, 1.54) is 5.56 Å². The zero-order valence-electron chi connectivity index (χ0n) is 13.2. The number of aromatic nitrogens is 2. The van der Waals surface area contributed by atoms with Crippen LogP contribution in [0.1, 0.15) is 51.8 Å². The Balaban J connectivity index is 2.76. The molecular formula is C17H24N2O. The molecule has 0 aliphatic heterocycles. The summed E-state index contributed by atoms with van der Waals surface area (Å²) in [5.74, 6) is 0. The number of rotatable bonds is 2. The fraction of sp³-hybridized carbons (Fsp3) is 0.471. The average molecular weight is 272 g/mol. The van der Waals surface area contributed by atoms with Crippen LogP contribution in [0.5, 0.6) is 0 Å². The van der Waals surface area contributed by atoms with E-state index in [0.717, 1.165) is 16.8 Å². The van der Waals surface area contributed by atoms with Crippen LogP contribution in [0.15, 0.2) is 29.1 Å². The minimum Gasteiger partial charge on any atom is -0.294 e. The van der Waals surface area contributed by atoms with Crippen molar-refractivity contribution in [2.75, 3.05) is 0 Å². The van der Waals surface area contributed by atoms with Gasteiger partial charge in [-0.05, 0) is 32.3 Å². The summed E-state index contributed by atoms with van der Waals surface area (Å²) in [5.41, 5.74) is 3.97. The van der Waals surface area contributed by atoms with Gasteiger partial charge < -0.3 is 0 Å². The molecule has 0 fully saturated rings. The van der Waals surface area contributed by atoms with E-state index in [0.29, 0.717) is 0 Å². The van der Waals surface area contributed by atoms with E-state index in [1.54, 1.807) is 4.68 Å². The number of benzene rings is 1. The van der Waals surface area contributed by atoms with E-state index in [4.69, 9.17) is 0 Å². The molecule has 2 rings (SSSR count). The van der Waals surface area contributed by atoms with Crippen LogP contribution in [0.4, 0.5) is 0 Å². The minimum absolute atomic E-state index is 0.0870. The number of H-pyrrole nitrogens is 1. The molecule has 20 heavy (non-hydrogen) atoms. The molecular weight excluding hydrogens is 248 g/mol. The van der Waals surface area contributed by atoms with Crippen LogP contribution in [0.25, 0.3) is 11.3 Å². The van der Waals surface area contributed by atoms with Gasteiger partial charge in [-0.1, -0.05) is 44.5 Å². The van der Waals surface area contributed by atoms with Crippen molar-refractivity contribution in [2.45, 2.75) is 53.0 Å². The standard InChI is InChI=1S/C17H24N2O/c1-11(2)19-16(20)14(17(4,5)6)15(18-19)13-9-7-8-12(3)10-13/h7-11,18H,1-6H3. The molecule has 3 heteroatoms. The van der Waals surface area contributed by atoms with Gasteiger partial charge in [-0.25, -0.2) is 4.68 Å². The van der Waals surface area contributed by atoms with Crippen LogP contribution in [-0.2, 0) is 5.41 Å². The molecule has 0 amide bonds. The summed E-state index contributed by atoms with van der Waals surface area (Å²) in [7, 11) is 0. The van der Waals surface area contributed by atoms with Crippen molar-refractivity contribution in [3.05, 3.63) is 45.7 Å². The Morgan fingerprint density at radius 1 is 1.20 bits per heavy atom. The molecule has 1 N–H and O–H groups in total. The third kappa shape index (κ3) is 2.58. The first-order valence-corrected chi connectivity index (χ1v) is 7.14. The van der Waals surface area contributed by atoms with Crippen molar-refractivity contribution in [2.24, 2.45) is 0 Å². The molecule has 0 radical (unpaired) electrons. The molecule has 0 aliphatic rings. The van der Waals surface area contributed by atoms with E-state index in [1.807, 2.05) is 19.9 Å². The summed E-state index contributed by atoms with van der Waals surface area (Å²) >= 11 is 0. The highest BCUT2D eigenvalue weighted by Gasteiger charge is 2.27. The van der Waals surface area contributed by atoms with E-state index in [9.17, 15) is 4.79 Å². The Kier molecular flexibility index (Phi) is 3.63. The molecule has 3 nitrogen and oxygen atoms in total. The maximum absolute atomic E-state index is 12.7. The number of hydrogen-bond donors (Lipinski definition) is 1. The Labute approximate surface area is 120 Å². The molecule has 1 heterocycles. The predicted molar refractivity (Wildman–Crippen MR) is 84.3 cm³/mol. The number of nitrogens with zero attached hydrogens (tertiary/aromatic N) is 1. The lowest BCUT2D eigenvalue weighted by molar-refractivity contribution is 0.510. The van der Waals surface area contributed by atoms with E-state index < -0.39 is 0 Å². The lowest BCUT2D eigenvalue weighted by Gasteiger charge is -2.17. The summed E-state index contributed by atoms with van der Waals surface area (Å²) < 4.78 is 1.72. The van der Waals surface area contributed by atoms with Crippen molar-refractivity contribution in [1.29, 1.82) is 0 Å². The van der Waals surface area contributed by atoms with E-state index >= 15 is 0 Å². The monoisotopic (exact) mass is 272 g/mol. The molecule has 0 saturated heterocycles. The van der Waals surface area contributed by atoms with Gasteiger partial charge in [0.15, 0.2) is 0 Å². The number of nitrogens with one attached hydrogen (secondary N) is 1. The number of aromatic amines is 1. The molecule has 108 valence electrons. The normalized spacial score (nSPS) is 12.2. The maximum atomic E-state index is 12.7. The van der Waals surface area contributed by atoms with Gasteiger partial charge in [0.1, 0.15) is 0 Å². The first-order chi connectivity index (χ1) is 9.21. The quantitative estimate of drug-likeness (QED) is 0.880. The van der Waals surface area contributed by atoms with Crippen LogP contribution in [-0.4, -0.2) is 9.78 Å².